The molecule has 1 rings (SSSR count). The van der Waals surface area contributed by atoms with Crippen LogP contribution in [0, 0.1) is 5.92 Å². The smallest absolute Gasteiger partial charge is 0.230 e. The predicted molar refractivity (Wildman–Crippen MR) is 66.3 cm³/mol. The number of hydrogen-bond acceptors (Lipinski definition) is 2. The summed E-state index contributed by atoms with van der Waals surface area (Å²) in [5.74, 6) is 0.879. The van der Waals surface area contributed by atoms with Crippen LogP contribution in [0.4, 0.5) is 5.69 Å². The van der Waals surface area contributed by atoms with Crippen molar-refractivity contribution in [2.75, 3.05) is 24.9 Å². The van der Waals surface area contributed by atoms with Crippen molar-refractivity contribution in [2.45, 2.75) is 6.92 Å². The molecule has 4 heteroatoms. The van der Waals surface area contributed by atoms with Crippen LogP contribution < -0.4 is 9.64 Å². The Morgan fingerprint density at radius 1 is 1.56 bits per heavy atom. The average molecular weight is 242 g/mol. The Labute approximate surface area is 101 Å². The first-order valence-corrected chi connectivity index (χ1v) is 5.61. The first-order valence-electron chi connectivity index (χ1n) is 5.07. The van der Waals surface area contributed by atoms with E-state index in [1.54, 1.807) is 19.1 Å². The number of ether oxygens (including phenoxy) is 1. The first kappa shape index (κ1) is 12.8. The van der Waals surface area contributed by atoms with Gasteiger partial charge >= 0.3 is 0 Å². The summed E-state index contributed by atoms with van der Waals surface area (Å²) in [6.07, 6.45) is 0. The standard InChI is InChI=1S/C12H16ClNO2/c1-9(8-13)12(15)14(2)10-5-4-6-11(7-10)16-3/h4-7,9H,8H2,1-3H3. The maximum absolute atomic E-state index is 11.9. The molecule has 0 aromatic heterocycles. The highest BCUT2D eigenvalue weighted by Gasteiger charge is 2.17. The van der Waals surface area contributed by atoms with Gasteiger partial charge in [-0.2, -0.15) is 0 Å². The van der Waals surface area contributed by atoms with Crippen LogP contribution >= 0.6 is 11.6 Å². The number of methoxy groups -OCH3 is 1. The second kappa shape index (κ2) is 5.75. The van der Waals surface area contributed by atoms with Gasteiger partial charge in [-0.1, -0.05) is 13.0 Å². The van der Waals surface area contributed by atoms with Crippen molar-refractivity contribution in [1.29, 1.82) is 0 Å². The molecular formula is C12H16ClNO2. The highest BCUT2D eigenvalue weighted by molar-refractivity contribution is 6.19. The lowest BCUT2D eigenvalue weighted by molar-refractivity contribution is -0.121. The molecule has 0 saturated heterocycles. The van der Waals surface area contributed by atoms with E-state index in [1.807, 2.05) is 31.2 Å². The van der Waals surface area contributed by atoms with Crippen molar-refractivity contribution in [1.82, 2.24) is 0 Å². The maximum Gasteiger partial charge on any atom is 0.230 e. The molecular weight excluding hydrogens is 226 g/mol. The van der Waals surface area contributed by atoms with E-state index in [1.165, 1.54) is 0 Å². The van der Waals surface area contributed by atoms with Gasteiger partial charge in [0.05, 0.1) is 7.11 Å². The van der Waals surface area contributed by atoms with Crippen molar-refractivity contribution in [3.63, 3.8) is 0 Å². The SMILES string of the molecule is COc1cccc(N(C)C(=O)C(C)CCl)c1. The summed E-state index contributed by atoms with van der Waals surface area (Å²) < 4.78 is 5.11. The molecule has 0 aliphatic rings. The zero-order chi connectivity index (χ0) is 12.1. The molecule has 16 heavy (non-hydrogen) atoms. The van der Waals surface area contributed by atoms with Gasteiger partial charge in [-0.25, -0.2) is 0 Å². The van der Waals surface area contributed by atoms with Crippen LogP contribution in [0.5, 0.6) is 5.75 Å². The number of rotatable bonds is 4. The van der Waals surface area contributed by atoms with Crippen LogP contribution in [0.25, 0.3) is 0 Å². The Kier molecular flexibility index (Phi) is 4.62. The van der Waals surface area contributed by atoms with E-state index < -0.39 is 0 Å². The summed E-state index contributed by atoms with van der Waals surface area (Å²) in [7, 11) is 3.34. The van der Waals surface area contributed by atoms with Crippen LogP contribution in [-0.2, 0) is 4.79 Å². The molecule has 1 unspecified atom stereocenters. The molecule has 88 valence electrons. The summed E-state index contributed by atoms with van der Waals surface area (Å²) in [5.41, 5.74) is 0.807. The lowest BCUT2D eigenvalue weighted by atomic mass is 10.1. The van der Waals surface area contributed by atoms with Gasteiger partial charge in [0.2, 0.25) is 5.91 Å². The van der Waals surface area contributed by atoms with Crippen molar-refractivity contribution >= 4 is 23.2 Å². The second-order valence-electron chi connectivity index (χ2n) is 3.65. The zero-order valence-corrected chi connectivity index (χ0v) is 10.5. The third-order valence-corrected chi connectivity index (χ3v) is 2.89. The third kappa shape index (κ3) is 2.89. The molecule has 3 nitrogen and oxygen atoms in total. The van der Waals surface area contributed by atoms with Gasteiger partial charge in [0, 0.05) is 30.6 Å². The number of alkyl halides is 1. The molecule has 0 spiro atoms. The van der Waals surface area contributed by atoms with Crippen LogP contribution in [0.15, 0.2) is 24.3 Å². The van der Waals surface area contributed by atoms with E-state index in [-0.39, 0.29) is 11.8 Å². The molecule has 0 heterocycles. The number of nitrogens with zero attached hydrogens (tertiary/aromatic N) is 1. The van der Waals surface area contributed by atoms with E-state index in [4.69, 9.17) is 16.3 Å². The Hall–Kier alpha value is -1.22. The second-order valence-corrected chi connectivity index (χ2v) is 3.96. The summed E-state index contributed by atoms with van der Waals surface area (Å²) in [4.78, 5) is 13.5. The van der Waals surface area contributed by atoms with E-state index in [9.17, 15) is 4.79 Å². The van der Waals surface area contributed by atoms with Crippen LogP contribution in [0.1, 0.15) is 6.92 Å². The van der Waals surface area contributed by atoms with E-state index in [2.05, 4.69) is 0 Å². The number of benzene rings is 1. The monoisotopic (exact) mass is 241 g/mol. The molecule has 0 radical (unpaired) electrons. The van der Waals surface area contributed by atoms with Gasteiger partial charge < -0.3 is 9.64 Å². The predicted octanol–water partition coefficient (Wildman–Crippen LogP) is 2.53. The zero-order valence-electron chi connectivity index (χ0n) is 9.74. The Morgan fingerprint density at radius 2 is 2.25 bits per heavy atom. The summed E-state index contributed by atoms with van der Waals surface area (Å²) in [6.45, 7) is 1.81. The van der Waals surface area contributed by atoms with Crippen LogP contribution in [0.3, 0.4) is 0 Å². The molecule has 0 aliphatic carbocycles. The summed E-state index contributed by atoms with van der Waals surface area (Å²) in [6, 6.07) is 7.37. The largest absolute Gasteiger partial charge is 0.497 e. The van der Waals surface area contributed by atoms with Gasteiger partial charge in [-0.3, -0.25) is 4.79 Å². The summed E-state index contributed by atoms with van der Waals surface area (Å²) >= 11 is 5.66. The van der Waals surface area contributed by atoms with Crippen molar-refractivity contribution in [3.05, 3.63) is 24.3 Å². The first-order chi connectivity index (χ1) is 7.60. The quantitative estimate of drug-likeness (QED) is 0.759. The average Bonchev–Trinajstić information content (AvgIpc) is 2.36. The molecule has 1 amide bonds. The number of halogens is 1. The number of anilines is 1. The fraction of sp³-hybridized carbons (Fsp3) is 0.417. The molecule has 0 N–H and O–H groups in total. The minimum atomic E-state index is -0.183. The van der Waals surface area contributed by atoms with Crippen molar-refractivity contribution in [2.24, 2.45) is 5.92 Å². The fourth-order valence-electron chi connectivity index (χ4n) is 1.34. The number of carbonyl (C=O) groups excluding carboxylic acids is 1. The van der Waals surface area contributed by atoms with Crippen LogP contribution in [-0.4, -0.2) is 25.9 Å². The third-order valence-electron chi connectivity index (χ3n) is 2.42. The van der Waals surface area contributed by atoms with E-state index >= 15 is 0 Å². The number of hydrogen-bond donors (Lipinski definition) is 0. The Bertz CT molecular complexity index is 368. The molecule has 0 bridgehead atoms. The van der Waals surface area contributed by atoms with Crippen LogP contribution in [0.2, 0.25) is 0 Å². The maximum atomic E-state index is 11.9. The van der Waals surface area contributed by atoms with Gasteiger partial charge in [0.25, 0.3) is 0 Å². The van der Waals surface area contributed by atoms with Crippen molar-refractivity contribution < 1.29 is 9.53 Å². The van der Waals surface area contributed by atoms with E-state index in [0.717, 1.165) is 11.4 Å². The lowest BCUT2D eigenvalue weighted by Crippen LogP contribution is -2.32. The Morgan fingerprint density at radius 3 is 2.81 bits per heavy atom. The molecule has 1 aromatic rings. The number of carbonyl (C=O) groups is 1. The van der Waals surface area contributed by atoms with Gasteiger partial charge in [0.15, 0.2) is 0 Å². The van der Waals surface area contributed by atoms with Gasteiger partial charge in [0.1, 0.15) is 5.75 Å². The summed E-state index contributed by atoms with van der Waals surface area (Å²) in [5, 5.41) is 0. The molecule has 0 aliphatic heterocycles. The van der Waals surface area contributed by atoms with Crippen molar-refractivity contribution in [3.8, 4) is 5.75 Å². The molecule has 0 fully saturated rings. The van der Waals surface area contributed by atoms with Gasteiger partial charge in [-0.05, 0) is 12.1 Å². The highest BCUT2D eigenvalue weighted by Crippen LogP contribution is 2.21. The normalized spacial score (nSPS) is 12.0. The number of amides is 1. The Balaban J connectivity index is 2.87. The lowest BCUT2D eigenvalue weighted by Gasteiger charge is -2.20. The topological polar surface area (TPSA) is 29.5 Å². The van der Waals surface area contributed by atoms with E-state index in [0.29, 0.717) is 5.88 Å². The van der Waals surface area contributed by atoms with Gasteiger partial charge in [-0.15, -0.1) is 11.6 Å². The highest BCUT2D eigenvalue weighted by atomic mass is 35.5. The minimum absolute atomic E-state index is 0.00301. The molecule has 0 saturated carbocycles. The minimum Gasteiger partial charge on any atom is -0.497 e. The molecule has 1 atom stereocenters. The molecule has 1 aromatic carbocycles. The fourth-order valence-corrected chi connectivity index (χ4v) is 1.47.